The van der Waals surface area contributed by atoms with Crippen molar-refractivity contribution in [3.63, 3.8) is 0 Å². The van der Waals surface area contributed by atoms with Crippen LogP contribution < -0.4 is 34.9 Å². The maximum Gasteiger partial charge on any atom is 1.00 e. The van der Waals surface area contributed by atoms with Gasteiger partial charge in [0.15, 0.2) is 5.71 Å². The zero-order valence-electron chi connectivity index (χ0n) is 18.1. The summed E-state index contributed by atoms with van der Waals surface area (Å²) in [5, 5.41) is 3.15. The zero-order chi connectivity index (χ0) is 22.9. The molecule has 1 aliphatic rings. The van der Waals surface area contributed by atoms with Crippen molar-refractivity contribution in [3.05, 3.63) is 66.4 Å². The average molecular weight is 487 g/mol. The van der Waals surface area contributed by atoms with Gasteiger partial charge in [0.1, 0.15) is 16.7 Å². The minimum atomic E-state index is -4.63. The predicted octanol–water partition coefficient (Wildman–Crippen LogP) is -0.468. The molecule has 0 aliphatic carbocycles. The van der Waals surface area contributed by atoms with E-state index in [1.165, 1.54) is 12.1 Å². The van der Waals surface area contributed by atoms with Gasteiger partial charge in [-0.2, -0.15) is 4.58 Å². The first-order valence-electron chi connectivity index (χ1n) is 9.57. The van der Waals surface area contributed by atoms with Gasteiger partial charge in [-0.15, -0.1) is 0 Å². The predicted molar refractivity (Wildman–Crippen MR) is 116 cm³/mol. The third kappa shape index (κ3) is 6.28. The number of anilines is 1. The summed E-state index contributed by atoms with van der Waals surface area (Å²) in [6.45, 7) is 4.02. The van der Waals surface area contributed by atoms with Gasteiger partial charge in [-0.3, -0.25) is 0 Å². The second-order valence-electron chi connectivity index (χ2n) is 7.75. The van der Waals surface area contributed by atoms with Gasteiger partial charge in [-0.25, -0.2) is 16.8 Å². The number of nitrogens with zero attached hydrogens (tertiary/aromatic N) is 1. The molecule has 8 nitrogen and oxygen atoms in total. The fraction of sp³-hybridized carbons (Fsp3) is 0.286. The molecule has 0 atom stereocenters. The fourth-order valence-corrected chi connectivity index (χ4v) is 4.68. The molecule has 0 radical (unpaired) electrons. The van der Waals surface area contributed by atoms with Crippen LogP contribution in [0.5, 0.6) is 0 Å². The smallest absolute Gasteiger partial charge is 0.748 e. The van der Waals surface area contributed by atoms with Crippen LogP contribution in [0.1, 0.15) is 25.8 Å². The minimum absolute atomic E-state index is 0. The normalized spacial score (nSPS) is 15.5. The summed E-state index contributed by atoms with van der Waals surface area (Å²) in [6.07, 6.45) is 3.66. The van der Waals surface area contributed by atoms with E-state index in [2.05, 4.69) is 5.32 Å². The van der Waals surface area contributed by atoms with Crippen LogP contribution >= 0.6 is 0 Å². The SMILES string of the molecule is CC1(C)C(/C=C/Nc2ccccc2)=[N+](CCCS(=O)(=O)[O-])c2ccc(S(=O)(=O)[O-])cc21.[Na+]. The fourth-order valence-electron chi connectivity index (χ4n) is 3.70. The maximum atomic E-state index is 11.5. The largest absolute Gasteiger partial charge is 1.00 e. The van der Waals surface area contributed by atoms with E-state index in [9.17, 15) is 25.9 Å². The summed E-state index contributed by atoms with van der Waals surface area (Å²) in [4.78, 5) is -0.325. The quantitative estimate of drug-likeness (QED) is 0.303. The van der Waals surface area contributed by atoms with Crippen molar-refractivity contribution in [3.8, 4) is 0 Å². The van der Waals surface area contributed by atoms with Gasteiger partial charge in [0.2, 0.25) is 5.69 Å². The average Bonchev–Trinajstić information content (AvgIpc) is 2.88. The molecule has 11 heteroatoms. The van der Waals surface area contributed by atoms with Crippen LogP contribution in [0.3, 0.4) is 0 Å². The summed E-state index contributed by atoms with van der Waals surface area (Å²) in [6, 6.07) is 13.6. The Morgan fingerprint density at radius 1 is 1.03 bits per heavy atom. The molecule has 1 aliphatic heterocycles. The Balaban J connectivity index is 0.00000363. The number of rotatable bonds is 8. The van der Waals surface area contributed by atoms with Crippen molar-refractivity contribution >= 4 is 37.3 Å². The minimum Gasteiger partial charge on any atom is -0.748 e. The van der Waals surface area contributed by atoms with E-state index in [1.807, 2.05) is 54.8 Å². The van der Waals surface area contributed by atoms with Crippen LogP contribution in [-0.2, 0) is 25.7 Å². The van der Waals surface area contributed by atoms with Crippen molar-refractivity contribution in [1.82, 2.24) is 0 Å². The topological polar surface area (TPSA) is 129 Å². The van der Waals surface area contributed by atoms with Crippen molar-refractivity contribution in [2.24, 2.45) is 0 Å². The summed E-state index contributed by atoms with van der Waals surface area (Å²) in [5.74, 6) is -0.508. The second kappa shape index (κ2) is 10.2. The molecule has 0 unspecified atom stereocenters. The molecular formula is C21H23N2NaO6S2. The number of allylic oxidation sites excluding steroid dienone is 1. The van der Waals surface area contributed by atoms with E-state index in [4.69, 9.17) is 0 Å². The van der Waals surface area contributed by atoms with Gasteiger partial charge in [-0.05, 0) is 38.1 Å². The summed E-state index contributed by atoms with van der Waals surface area (Å²) >= 11 is 0. The molecule has 0 fully saturated rings. The molecule has 0 bridgehead atoms. The Kier molecular flexibility index (Phi) is 8.49. The molecule has 2 aromatic rings. The third-order valence-corrected chi connectivity index (χ3v) is 6.81. The number of hydrogen-bond donors (Lipinski definition) is 1. The number of para-hydroxylation sites is 1. The van der Waals surface area contributed by atoms with Crippen LogP contribution in [-0.4, -0.2) is 48.5 Å². The Labute approximate surface area is 210 Å². The summed E-state index contributed by atoms with van der Waals surface area (Å²) < 4.78 is 69.5. The molecule has 0 saturated carbocycles. The Morgan fingerprint density at radius 3 is 2.28 bits per heavy atom. The van der Waals surface area contributed by atoms with Gasteiger partial charge < -0.3 is 14.4 Å². The van der Waals surface area contributed by atoms with Crippen LogP contribution in [0, 0.1) is 0 Å². The molecule has 0 spiro atoms. The Bertz CT molecular complexity index is 1250. The van der Waals surface area contributed by atoms with Crippen molar-refractivity contribution in [1.29, 1.82) is 0 Å². The van der Waals surface area contributed by atoms with Gasteiger partial charge in [0, 0.05) is 41.8 Å². The van der Waals surface area contributed by atoms with E-state index in [-0.39, 0.29) is 47.4 Å². The molecule has 0 amide bonds. The first-order valence-corrected chi connectivity index (χ1v) is 12.6. The summed E-state index contributed by atoms with van der Waals surface area (Å²) in [5.41, 5.74) is 2.28. The molecule has 3 rings (SSSR count). The molecule has 1 N–H and O–H groups in total. The second-order valence-corrected chi connectivity index (χ2v) is 10.7. The van der Waals surface area contributed by atoms with E-state index in [0.717, 1.165) is 11.4 Å². The first kappa shape index (κ1) is 26.7. The van der Waals surface area contributed by atoms with E-state index >= 15 is 0 Å². The van der Waals surface area contributed by atoms with E-state index < -0.39 is 31.4 Å². The molecule has 32 heavy (non-hydrogen) atoms. The van der Waals surface area contributed by atoms with Crippen molar-refractivity contribution in [2.45, 2.75) is 30.6 Å². The van der Waals surface area contributed by atoms with E-state index in [1.54, 1.807) is 12.3 Å². The van der Waals surface area contributed by atoms with Crippen LogP contribution in [0.15, 0.2) is 65.7 Å². The maximum absolute atomic E-state index is 11.5. The molecule has 2 aromatic carbocycles. The third-order valence-electron chi connectivity index (χ3n) is 5.19. The van der Waals surface area contributed by atoms with Gasteiger partial charge in [0.25, 0.3) is 0 Å². The molecule has 0 aromatic heterocycles. The Morgan fingerprint density at radius 2 is 1.69 bits per heavy atom. The monoisotopic (exact) mass is 486 g/mol. The molecular weight excluding hydrogens is 463 g/mol. The molecule has 166 valence electrons. The van der Waals surface area contributed by atoms with Crippen LogP contribution in [0.2, 0.25) is 0 Å². The number of hydrogen-bond acceptors (Lipinski definition) is 7. The standard InChI is InChI=1S/C21H24N2O6S2.Na/c1-21(2)18-15-17(31(27,28)29)9-10-19(18)23(13-6-14-30(24,25)26)20(21)11-12-22-16-7-4-3-5-8-16;/h3-5,7-12,15H,6,13-14H2,1-2H3,(H2,24,25,26,27,28,29);/q;+1/p-1. The van der Waals surface area contributed by atoms with Gasteiger partial charge in [-0.1, -0.05) is 18.2 Å². The Hall–Kier alpha value is -1.53. The zero-order valence-corrected chi connectivity index (χ0v) is 21.7. The van der Waals surface area contributed by atoms with Gasteiger partial charge in [0.05, 0.1) is 20.4 Å². The van der Waals surface area contributed by atoms with Crippen LogP contribution in [0.4, 0.5) is 11.4 Å². The van der Waals surface area contributed by atoms with Crippen molar-refractivity contribution in [2.75, 3.05) is 17.6 Å². The summed E-state index contributed by atoms with van der Waals surface area (Å²) in [7, 11) is -8.98. The number of nitrogens with one attached hydrogen (secondary N) is 1. The van der Waals surface area contributed by atoms with E-state index in [0.29, 0.717) is 11.3 Å². The molecule has 0 saturated heterocycles. The van der Waals surface area contributed by atoms with Crippen molar-refractivity contribution < 1.29 is 60.1 Å². The first-order chi connectivity index (χ1) is 14.4. The molecule has 1 heterocycles. The number of fused-ring (bicyclic) bond motifs is 1. The van der Waals surface area contributed by atoms with Gasteiger partial charge >= 0.3 is 29.6 Å². The number of benzene rings is 2. The van der Waals surface area contributed by atoms with Crippen LogP contribution in [0.25, 0.3) is 0 Å².